The number of rotatable bonds is 5. The molecule has 0 saturated heterocycles. The molecular weight excluding hydrogens is 232 g/mol. The van der Waals surface area contributed by atoms with Crippen molar-refractivity contribution in [2.75, 3.05) is 14.2 Å². The maximum Gasteiger partial charge on any atom is 0.313 e. The number of hydrogen-bond acceptors (Lipinski definition) is 4. The minimum absolute atomic E-state index is 0.0185. The van der Waals surface area contributed by atoms with Gasteiger partial charge in [-0.25, -0.2) is 0 Å². The van der Waals surface area contributed by atoms with Crippen LogP contribution in [0.2, 0.25) is 0 Å². The van der Waals surface area contributed by atoms with E-state index in [1.165, 1.54) is 14.2 Å². The van der Waals surface area contributed by atoms with Gasteiger partial charge in [0.05, 0.1) is 26.6 Å². The van der Waals surface area contributed by atoms with Crippen molar-refractivity contribution in [2.45, 2.75) is 40.5 Å². The molecule has 0 saturated carbocycles. The summed E-state index contributed by atoms with van der Waals surface area (Å²) in [4.78, 5) is 22.8. The Bertz CT molecular complexity index is 323. The predicted octanol–water partition coefficient (Wildman–Crippen LogP) is 2.72. The average Bonchev–Trinajstić information content (AvgIpc) is 2.24. The third kappa shape index (κ3) is 7.09. The monoisotopic (exact) mass is 256 g/mol. The maximum atomic E-state index is 11.6. The van der Waals surface area contributed by atoms with Crippen molar-refractivity contribution in [3.8, 4) is 0 Å². The molecule has 0 bridgehead atoms. The van der Waals surface area contributed by atoms with Gasteiger partial charge in [0.1, 0.15) is 0 Å². The Balaban J connectivity index is 4.82. The second-order valence-corrected chi connectivity index (χ2v) is 5.66. The van der Waals surface area contributed by atoms with Crippen LogP contribution >= 0.6 is 0 Å². The molecule has 1 unspecified atom stereocenters. The van der Waals surface area contributed by atoms with E-state index in [-0.39, 0.29) is 11.8 Å². The lowest BCUT2D eigenvalue weighted by atomic mass is 9.87. The molecule has 0 spiro atoms. The van der Waals surface area contributed by atoms with Crippen LogP contribution in [-0.2, 0) is 19.1 Å². The quantitative estimate of drug-likeness (QED) is 0.560. The molecule has 0 amide bonds. The van der Waals surface area contributed by atoms with Crippen molar-refractivity contribution in [2.24, 2.45) is 11.3 Å². The average molecular weight is 256 g/mol. The molecule has 4 nitrogen and oxygen atoms in total. The van der Waals surface area contributed by atoms with Gasteiger partial charge in [-0.3, -0.25) is 9.59 Å². The molecule has 0 aromatic carbocycles. The fourth-order valence-corrected chi connectivity index (χ4v) is 1.86. The molecule has 0 heterocycles. The number of allylic oxidation sites excluding steroid dienone is 1. The van der Waals surface area contributed by atoms with E-state index in [9.17, 15) is 9.59 Å². The van der Waals surface area contributed by atoms with Crippen LogP contribution in [0.25, 0.3) is 0 Å². The van der Waals surface area contributed by atoms with E-state index in [0.717, 1.165) is 12.0 Å². The summed E-state index contributed by atoms with van der Waals surface area (Å²) in [6.07, 6.45) is 2.68. The van der Waals surface area contributed by atoms with Gasteiger partial charge in [0.2, 0.25) is 0 Å². The number of esters is 2. The van der Waals surface area contributed by atoms with Gasteiger partial charge in [-0.05, 0) is 18.8 Å². The Kier molecular flexibility index (Phi) is 6.66. The van der Waals surface area contributed by atoms with Crippen molar-refractivity contribution < 1.29 is 19.1 Å². The molecule has 0 aliphatic rings. The first kappa shape index (κ1) is 16.7. The molecule has 18 heavy (non-hydrogen) atoms. The predicted molar refractivity (Wildman–Crippen MR) is 70.0 cm³/mol. The van der Waals surface area contributed by atoms with Gasteiger partial charge in [-0.2, -0.15) is 0 Å². The zero-order valence-electron chi connectivity index (χ0n) is 12.2. The summed E-state index contributed by atoms with van der Waals surface area (Å²) in [5, 5.41) is 0. The van der Waals surface area contributed by atoms with Crippen molar-refractivity contribution in [3.05, 3.63) is 11.6 Å². The van der Waals surface area contributed by atoms with Gasteiger partial charge < -0.3 is 9.47 Å². The van der Waals surface area contributed by atoms with E-state index in [1.807, 2.05) is 6.92 Å². The molecule has 0 N–H and O–H groups in total. The van der Waals surface area contributed by atoms with E-state index in [4.69, 9.17) is 4.74 Å². The zero-order valence-corrected chi connectivity index (χ0v) is 12.2. The lowest BCUT2D eigenvalue weighted by Crippen LogP contribution is -2.19. The van der Waals surface area contributed by atoms with Crippen molar-refractivity contribution in [1.82, 2.24) is 0 Å². The molecule has 0 radical (unpaired) electrons. The highest BCUT2D eigenvalue weighted by molar-refractivity contribution is 5.81. The topological polar surface area (TPSA) is 52.6 Å². The van der Waals surface area contributed by atoms with E-state index in [0.29, 0.717) is 0 Å². The Hall–Kier alpha value is -1.32. The first-order valence-corrected chi connectivity index (χ1v) is 6.01. The molecule has 1 atom stereocenters. The first-order chi connectivity index (χ1) is 8.19. The smallest absolute Gasteiger partial charge is 0.313 e. The second kappa shape index (κ2) is 7.19. The second-order valence-electron chi connectivity index (χ2n) is 5.66. The van der Waals surface area contributed by atoms with Gasteiger partial charge in [-0.1, -0.05) is 32.4 Å². The molecule has 0 aromatic rings. The fourth-order valence-electron chi connectivity index (χ4n) is 1.86. The van der Waals surface area contributed by atoms with E-state index in [1.54, 1.807) is 6.08 Å². The number of methoxy groups -OCH3 is 2. The van der Waals surface area contributed by atoms with Crippen molar-refractivity contribution in [1.29, 1.82) is 0 Å². The number of ether oxygens (including phenoxy) is 2. The fraction of sp³-hybridized carbons (Fsp3) is 0.714. The van der Waals surface area contributed by atoms with Gasteiger partial charge in [0, 0.05) is 0 Å². The molecule has 104 valence electrons. The summed E-state index contributed by atoms with van der Waals surface area (Å²) in [6, 6.07) is 0. The normalized spacial score (nSPS) is 14.0. The number of carbonyl (C=O) groups is 2. The van der Waals surface area contributed by atoms with Crippen LogP contribution in [0, 0.1) is 11.3 Å². The summed E-state index contributed by atoms with van der Waals surface area (Å²) in [6.45, 7) is 8.33. The highest BCUT2D eigenvalue weighted by atomic mass is 16.5. The maximum absolute atomic E-state index is 11.6. The summed E-state index contributed by atoms with van der Waals surface area (Å²) in [5.74, 6) is -1.39. The summed E-state index contributed by atoms with van der Waals surface area (Å²) >= 11 is 0. The van der Waals surface area contributed by atoms with Crippen molar-refractivity contribution >= 4 is 11.9 Å². The van der Waals surface area contributed by atoms with Gasteiger partial charge in [0.25, 0.3) is 0 Å². The van der Waals surface area contributed by atoms with Crippen LogP contribution < -0.4 is 0 Å². The van der Waals surface area contributed by atoms with Crippen LogP contribution in [0.1, 0.15) is 40.5 Å². The van der Waals surface area contributed by atoms with Crippen molar-refractivity contribution in [3.63, 3.8) is 0 Å². The molecular formula is C14H24O4. The zero-order chi connectivity index (χ0) is 14.3. The van der Waals surface area contributed by atoms with E-state index in [2.05, 4.69) is 25.5 Å². The first-order valence-electron chi connectivity index (χ1n) is 6.01. The van der Waals surface area contributed by atoms with Gasteiger partial charge in [0.15, 0.2) is 0 Å². The Morgan fingerprint density at radius 3 is 2.11 bits per heavy atom. The number of hydrogen-bond donors (Lipinski definition) is 0. The Morgan fingerprint density at radius 1 is 1.17 bits per heavy atom. The van der Waals surface area contributed by atoms with Crippen LogP contribution in [0.3, 0.4) is 0 Å². The molecule has 0 rings (SSSR count). The molecule has 4 heteroatoms. The molecule has 0 fully saturated rings. The van der Waals surface area contributed by atoms with E-state index >= 15 is 0 Å². The highest BCUT2D eigenvalue weighted by Crippen LogP contribution is 2.25. The molecule has 0 aliphatic carbocycles. The van der Waals surface area contributed by atoms with Gasteiger partial charge in [-0.15, -0.1) is 0 Å². The van der Waals surface area contributed by atoms with Crippen LogP contribution in [0.4, 0.5) is 0 Å². The number of carbonyl (C=O) groups excluding carboxylic acids is 2. The summed E-state index contributed by atoms with van der Waals surface area (Å²) < 4.78 is 9.28. The molecule has 0 aromatic heterocycles. The Labute approximate surface area is 109 Å². The van der Waals surface area contributed by atoms with Crippen LogP contribution in [0.5, 0.6) is 0 Å². The molecule has 0 aliphatic heterocycles. The minimum Gasteiger partial charge on any atom is -0.469 e. The minimum atomic E-state index is -0.565. The summed E-state index contributed by atoms with van der Waals surface area (Å²) in [5.41, 5.74) is 1.22. The van der Waals surface area contributed by atoms with Crippen LogP contribution in [0.15, 0.2) is 11.6 Å². The Morgan fingerprint density at radius 2 is 1.72 bits per heavy atom. The lowest BCUT2D eigenvalue weighted by Gasteiger charge is -2.19. The standard InChI is InChI=1S/C14H24O4/c1-10(9-14(2,3)4)7-11(13(16)18-6)8-12(15)17-5/h7,11H,8-9H2,1-6H3/b10-7-. The largest absolute Gasteiger partial charge is 0.469 e. The SMILES string of the molecule is COC(=O)CC(/C=C(/C)CC(C)(C)C)C(=O)OC. The highest BCUT2D eigenvalue weighted by Gasteiger charge is 2.22. The third-order valence-corrected chi connectivity index (χ3v) is 2.41. The third-order valence-electron chi connectivity index (χ3n) is 2.41. The van der Waals surface area contributed by atoms with Crippen LogP contribution in [-0.4, -0.2) is 26.2 Å². The van der Waals surface area contributed by atoms with Gasteiger partial charge >= 0.3 is 11.9 Å². The van der Waals surface area contributed by atoms with E-state index < -0.39 is 17.9 Å². The lowest BCUT2D eigenvalue weighted by molar-refractivity contribution is -0.150. The summed E-state index contributed by atoms with van der Waals surface area (Å²) in [7, 11) is 2.63.